The number of fused-ring (bicyclic) bond motifs is 1. The van der Waals surface area contributed by atoms with Crippen LogP contribution < -0.4 is 5.32 Å². The van der Waals surface area contributed by atoms with Crippen LogP contribution >= 0.6 is 22.9 Å². The van der Waals surface area contributed by atoms with Gasteiger partial charge in [-0.1, -0.05) is 18.5 Å². The highest BCUT2D eigenvalue weighted by Gasteiger charge is 2.12. The number of rotatable bonds is 4. The number of anilines is 1. The summed E-state index contributed by atoms with van der Waals surface area (Å²) in [6, 6.07) is 2.17. The zero-order valence-electron chi connectivity index (χ0n) is 11.2. The van der Waals surface area contributed by atoms with Gasteiger partial charge in [-0.05, 0) is 30.4 Å². The molecule has 5 nitrogen and oxygen atoms in total. The fourth-order valence-corrected chi connectivity index (χ4v) is 3.19. The Hall–Kier alpha value is -1.66. The topological polar surface area (TPSA) is 55.1 Å². The van der Waals surface area contributed by atoms with Crippen molar-refractivity contribution in [2.75, 3.05) is 5.32 Å². The van der Waals surface area contributed by atoms with Gasteiger partial charge in [0, 0.05) is 10.4 Å². The maximum absolute atomic E-state index is 6.14. The van der Waals surface area contributed by atoms with Crippen molar-refractivity contribution >= 4 is 34.5 Å². The molecule has 3 heterocycles. The Kier molecular flexibility index (Phi) is 3.58. The highest BCUT2D eigenvalue weighted by atomic mass is 35.5. The van der Waals surface area contributed by atoms with Crippen LogP contribution in [0.25, 0.3) is 5.78 Å². The summed E-state index contributed by atoms with van der Waals surface area (Å²) in [6.45, 7) is 4.83. The second kappa shape index (κ2) is 5.38. The quantitative estimate of drug-likeness (QED) is 0.751. The molecule has 0 aliphatic carbocycles. The largest absolute Gasteiger partial charge is 0.365 e. The van der Waals surface area contributed by atoms with Crippen LogP contribution in [0.4, 0.5) is 5.82 Å². The average Bonchev–Trinajstić information content (AvgIpc) is 3.07. The third-order valence-corrected chi connectivity index (χ3v) is 4.57. The predicted octanol–water partition coefficient (Wildman–Crippen LogP) is 3.32. The van der Waals surface area contributed by atoms with Gasteiger partial charge in [0.15, 0.2) is 0 Å². The van der Waals surface area contributed by atoms with Crippen LogP contribution in [-0.2, 0) is 13.0 Å². The maximum Gasteiger partial charge on any atom is 0.255 e. The molecular weight excluding hydrogens is 294 g/mol. The molecule has 3 rings (SSSR count). The van der Waals surface area contributed by atoms with Gasteiger partial charge in [0.1, 0.15) is 17.3 Å². The molecule has 0 saturated carbocycles. The first-order valence-electron chi connectivity index (χ1n) is 6.35. The third-order valence-electron chi connectivity index (χ3n) is 3.24. The van der Waals surface area contributed by atoms with E-state index in [1.807, 2.05) is 6.92 Å². The summed E-state index contributed by atoms with van der Waals surface area (Å²) in [4.78, 5) is 9.60. The second-order valence-electron chi connectivity index (χ2n) is 4.42. The molecule has 0 fully saturated rings. The van der Waals surface area contributed by atoms with E-state index in [2.05, 4.69) is 38.8 Å². The van der Waals surface area contributed by atoms with Gasteiger partial charge >= 0.3 is 0 Å². The summed E-state index contributed by atoms with van der Waals surface area (Å²) in [7, 11) is 0. The van der Waals surface area contributed by atoms with Crippen LogP contribution in [-0.4, -0.2) is 19.6 Å². The summed E-state index contributed by atoms with van der Waals surface area (Å²) in [5, 5.41) is 10.2. The molecule has 0 atom stereocenters. The molecule has 0 unspecified atom stereocenters. The van der Waals surface area contributed by atoms with Crippen LogP contribution in [0.3, 0.4) is 0 Å². The molecule has 7 heteroatoms. The first kappa shape index (κ1) is 13.3. The molecule has 3 aromatic heterocycles. The molecule has 0 aliphatic rings. The number of hydrogen-bond donors (Lipinski definition) is 1. The smallest absolute Gasteiger partial charge is 0.255 e. The van der Waals surface area contributed by atoms with Gasteiger partial charge in [-0.3, -0.25) is 0 Å². The van der Waals surface area contributed by atoms with Gasteiger partial charge in [-0.25, -0.2) is 0 Å². The van der Waals surface area contributed by atoms with Gasteiger partial charge in [-0.2, -0.15) is 19.6 Å². The lowest BCUT2D eigenvalue weighted by Gasteiger charge is -2.11. The molecule has 0 aromatic carbocycles. The van der Waals surface area contributed by atoms with Crippen molar-refractivity contribution in [3.05, 3.63) is 38.9 Å². The Labute approximate surface area is 125 Å². The molecule has 0 saturated heterocycles. The summed E-state index contributed by atoms with van der Waals surface area (Å²) in [5.74, 6) is 1.35. The maximum atomic E-state index is 6.14. The first-order valence-corrected chi connectivity index (χ1v) is 7.61. The second-order valence-corrected chi connectivity index (χ2v) is 5.78. The van der Waals surface area contributed by atoms with Crippen LogP contribution in [0.5, 0.6) is 0 Å². The van der Waals surface area contributed by atoms with Crippen molar-refractivity contribution in [3.8, 4) is 0 Å². The van der Waals surface area contributed by atoms with Crippen molar-refractivity contribution in [1.29, 1.82) is 0 Å². The fourth-order valence-electron chi connectivity index (χ4n) is 2.11. The van der Waals surface area contributed by atoms with Crippen molar-refractivity contribution < 1.29 is 0 Å². The Balaban J connectivity index is 1.94. The standard InChI is InChI=1S/C13H14ClN5S/c1-3-9-4-5-20-10(9)6-15-12-8(2)11(14)18-13-16-7-17-19(12)13/h4-5,7,15H,3,6H2,1-2H3. The minimum Gasteiger partial charge on any atom is -0.365 e. The summed E-state index contributed by atoms with van der Waals surface area (Å²) in [6.07, 6.45) is 2.52. The highest BCUT2D eigenvalue weighted by molar-refractivity contribution is 7.10. The SMILES string of the molecule is CCc1ccsc1CNc1c(C)c(Cl)nc2ncnn12. The molecule has 20 heavy (non-hydrogen) atoms. The van der Waals surface area contributed by atoms with E-state index in [1.165, 1.54) is 16.8 Å². The van der Waals surface area contributed by atoms with Crippen LogP contribution in [0.15, 0.2) is 17.8 Å². The van der Waals surface area contributed by atoms with Gasteiger partial charge in [0.2, 0.25) is 0 Å². The van der Waals surface area contributed by atoms with Gasteiger partial charge in [-0.15, -0.1) is 11.3 Å². The van der Waals surface area contributed by atoms with E-state index in [-0.39, 0.29) is 0 Å². The average molecular weight is 308 g/mol. The summed E-state index contributed by atoms with van der Waals surface area (Å²) in [5.41, 5.74) is 2.24. The lowest BCUT2D eigenvalue weighted by molar-refractivity contribution is 0.914. The van der Waals surface area contributed by atoms with Crippen molar-refractivity contribution in [2.24, 2.45) is 0 Å². The molecule has 104 valence electrons. The monoisotopic (exact) mass is 307 g/mol. The Morgan fingerprint density at radius 1 is 1.45 bits per heavy atom. The minimum absolute atomic E-state index is 0.454. The number of aromatic nitrogens is 4. The Morgan fingerprint density at radius 3 is 3.10 bits per heavy atom. The molecular formula is C13H14ClN5S. The van der Waals surface area contributed by atoms with Crippen molar-refractivity contribution in [2.45, 2.75) is 26.8 Å². The minimum atomic E-state index is 0.454. The number of hydrogen-bond acceptors (Lipinski definition) is 5. The lowest BCUT2D eigenvalue weighted by atomic mass is 10.2. The number of nitrogens with zero attached hydrogens (tertiary/aromatic N) is 4. The van der Waals surface area contributed by atoms with E-state index in [1.54, 1.807) is 15.9 Å². The molecule has 0 spiro atoms. The fraction of sp³-hybridized carbons (Fsp3) is 0.308. The van der Waals surface area contributed by atoms with E-state index in [0.717, 1.165) is 24.3 Å². The zero-order valence-corrected chi connectivity index (χ0v) is 12.8. The molecule has 3 aromatic rings. The molecule has 0 amide bonds. The van der Waals surface area contributed by atoms with Crippen LogP contribution in [0.2, 0.25) is 5.15 Å². The van der Waals surface area contributed by atoms with Gasteiger partial charge in [0.25, 0.3) is 5.78 Å². The summed E-state index contributed by atoms with van der Waals surface area (Å²) >= 11 is 7.89. The first-order chi connectivity index (χ1) is 9.70. The van der Waals surface area contributed by atoms with Crippen molar-refractivity contribution in [3.63, 3.8) is 0 Å². The molecule has 0 aliphatic heterocycles. The number of aryl methyl sites for hydroxylation is 1. The number of nitrogens with one attached hydrogen (secondary N) is 1. The van der Waals surface area contributed by atoms with Crippen molar-refractivity contribution in [1.82, 2.24) is 19.6 Å². The van der Waals surface area contributed by atoms with Crippen LogP contribution in [0.1, 0.15) is 22.9 Å². The highest BCUT2D eigenvalue weighted by Crippen LogP contribution is 2.24. The third kappa shape index (κ3) is 2.25. The normalized spacial score (nSPS) is 11.2. The number of halogens is 1. The van der Waals surface area contributed by atoms with Gasteiger partial charge in [0.05, 0.1) is 6.54 Å². The molecule has 1 N–H and O–H groups in total. The van der Waals surface area contributed by atoms with E-state index in [4.69, 9.17) is 11.6 Å². The molecule has 0 bridgehead atoms. The lowest BCUT2D eigenvalue weighted by Crippen LogP contribution is -2.09. The zero-order chi connectivity index (χ0) is 14.1. The van der Waals surface area contributed by atoms with Gasteiger partial charge < -0.3 is 5.32 Å². The van der Waals surface area contributed by atoms with E-state index >= 15 is 0 Å². The van der Waals surface area contributed by atoms with E-state index < -0.39 is 0 Å². The Bertz CT molecular complexity index is 748. The Morgan fingerprint density at radius 2 is 2.30 bits per heavy atom. The molecule has 0 radical (unpaired) electrons. The number of thiophene rings is 1. The van der Waals surface area contributed by atoms with E-state index in [9.17, 15) is 0 Å². The summed E-state index contributed by atoms with van der Waals surface area (Å²) < 4.78 is 1.68. The van der Waals surface area contributed by atoms with E-state index in [0.29, 0.717) is 10.9 Å². The predicted molar refractivity (Wildman–Crippen MR) is 81.6 cm³/mol. The van der Waals surface area contributed by atoms with Crippen LogP contribution in [0, 0.1) is 6.92 Å².